The minimum atomic E-state index is -0.298. The highest BCUT2D eigenvalue weighted by atomic mass is 16.6. The van der Waals surface area contributed by atoms with E-state index in [0.717, 1.165) is 13.0 Å². The molecule has 1 atom stereocenters. The summed E-state index contributed by atoms with van der Waals surface area (Å²) in [5, 5.41) is 9.50. The molecule has 1 N–H and O–H groups in total. The molecular weight excluding hydrogens is 154 g/mol. The number of ether oxygens (including phenoxy) is 1. The van der Waals surface area contributed by atoms with Gasteiger partial charge in [-0.25, -0.2) is 0 Å². The van der Waals surface area contributed by atoms with Crippen molar-refractivity contribution < 1.29 is 9.84 Å². The largest absolute Gasteiger partial charge is 0.495 e. The minimum absolute atomic E-state index is 0.142. The van der Waals surface area contributed by atoms with Crippen LogP contribution in [-0.2, 0) is 4.74 Å². The van der Waals surface area contributed by atoms with Crippen LogP contribution < -0.4 is 0 Å². The highest BCUT2D eigenvalue weighted by molar-refractivity contribution is 5.12. The van der Waals surface area contributed by atoms with Crippen LogP contribution in [0.5, 0.6) is 0 Å². The van der Waals surface area contributed by atoms with Crippen molar-refractivity contribution in [3.05, 3.63) is 12.0 Å². The van der Waals surface area contributed by atoms with Crippen LogP contribution in [0.1, 0.15) is 27.2 Å². The van der Waals surface area contributed by atoms with Crippen LogP contribution in [0.4, 0.5) is 0 Å². The van der Waals surface area contributed by atoms with Crippen LogP contribution in [-0.4, -0.2) is 27.9 Å². The highest BCUT2D eigenvalue weighted by Crippen LogP contribution is 2.42. The number of aliphatic hydroxyl groups is 1. The van der Waals surface area contributed by atoms with Crippen molar-refractivity contribution in [2.75, 3.05) is 6.54 Å². The summed E-state index contributed by atoms with van der Waals surface area (Å²) >= 11 is 0. The minimum Gasteiger partial charge on any atom is -0.495 e. The predicted molar refractivity (Wildman–Crippen MR) is 45.6 cm³/mol. The van der Waals surface area contributed by atoms with E-state index in [9.17, 15) is 5.11 Å². The lowest BCUT2D eigenvalue weighted by molar-refractivity contribution is -0.105. The van der Waals surface area contributed by atoms with E-state index in [-0.39, 0.29) is 11.3 Å². The van der Waals surface area contributed by atoms with Gasteiger partial charge in [0.1, 0.15) is 5.72 Å². The first-order valence-corrected chi connectivity index (χ1v) is 4.30. The van der Waals surface area contributed by atoms with Gasteiger partial charge in [-0.2, -0.15) is 0 Å². The fourth-order valence-corrected chi connectivity index (χ4v) is 2.10. The molecule has 0 aliphatic carbocycles. The molecule has 0 saturated carbocycles. The smallest absolute Gasteiger partial charge is 0.185 e. The van der Waals surface area contributed by atoms with E-state index in [1.165, 1.54) is 0 Å². The molecule has 2 aliphatic heterocycles. The van der Waals surface area contributed by atoms with E-state index in [1.54, 1.807) is 0 Å². The standard InChI is InChI=1S/C9H15NO2/c1-8(2)6-10-7(11)4-5-9(10,3)12-8/h4,11H,5-6H2,1-3H3/t9-/m1/s1. The molecule has 3 heteroatoms. The van der Waals surface area contributed by atoms with Crippen molar-refractivity contribution in [2.45, 2.75) is 38.5 Å². The summed E-state index contributed by atoms with van der Waals surface area (Å²) in [6.07, 6.45) is 2.59. The Morgan fingerprint density at radius 2 is 2.17 bits per heavy atom. The van der Waals surface area contributed by atoms with E-state index < -0.39 is 0 Å². The summed E-state index contributed by atoms with van der Waals surface area (Å²) in [7, 11) is 0. The lowest BCUT2D eigenvalue weighted by atomic mass is 10.1. The molecule has 0 aromatic heterocycles. The molecule has 1 saturated heterocycles. The van der Waals surface area contributed by atoms with Crippen molar-refractivity contribution in [2.24, 2.45) is 0 Å². The Bertz CT molecular complexity index is 247. The number of hydrogen-bond acceptors (Lipinski definition) is 3. The van der Waals surface area contributed by atoms with Crippen molar-refractivity contribution in [3.63, 3.8) is 0 Å². The number of fused-ring (bicyclic) bond motifs is 1. The monoisotopic (exact) mass is 169 g/mol. The van der Waals surface area contributed by atoms with Crippen LogP contribution in [0.15, 0.2) is 12.0 Å². The molecule has 12 heavy (non-hydrogen) atoms. The van der Waals surface area contributed by atoms with E-state index in [4.69, 9.17) is 4.74 Å². The molecule has 0 bridgehead atoms. The fourth-order valence-electron chi connectivity index (χ4n) is 2.10. The lowest BCUT2D eigenvalue weighted by Crippen LogP contribution is -2.36. The molecule has 0 radical (unpaired) electrons. The first kappa shape index (κ1) is 7.92. The highest BCUT2D eigenvalue weighted by Gasteiger charge is 2.50. The van der Waals surface area contributed by atoms with Gasteiger partial charge in [0.25, 0.3) is 0 Å². The van der Waals surface area contributed by atoms with Crippen LogP contribution in [0.2, 0.25) is 0 Å². The van der Waals surface area contributed by atoms with E-state index in [1.807, 2.05) is 31.7 Å². The van der Waals surface area contributed by atoms with Gasteiger partial charge < -0.3 is 14.7 Å². The molecule has 0 aromatic carbocycles. The Hall–Kier alpha value is -0.700. The van der Waals surface area contributed by atoms with Crippen LogP contribution in [0.25, 0.3) is 0 Å². The summed E-state index contributed by atoms with van der Waals surface area (Å²) in [4.78, 5) is 1.92. The van der Waals surface area contributed by atoms with Gasteiger partial charge in [-0.1, -0.05) is 0 Å². The van der Waals surface area contributed by atoms with Crippen molar-refractivity contribution in [1.82, 2.24) is 4.90 Å². The second-order valence-electron chi connectivity index (χ2n) is 4.39. The molecule has 3 nitrogen and oxygen atoms in total. The molecule has 68 valence electrons. The third-order valence-corrected chi connectivity index (χ3v) is 2.55. The zero-order chi connectivity index (χ0) is 8.98. The second-order valence-corrected chi connectivity index (χ2v) is 4.39. The van der Waals surface area contributed by atoms with Gasteiger partial charge in [-0.3, -0.25) is 0 Å². The molecule has 2 heterocycles. The Labute approximate surface area is 72.6 Å². The van der Waals surface area contributed by atoms with Crippen molar-refractivity contribution in [3.8, 4) is 0 Å². The molecule has 2 aliphatic rings. The lowest BCUT2D eigenvalue weighted by Gasteiger charge is -2.28. The molecular formula is C9H15NO2. The maximum Gasteiger partial charge on any atom is 0.185 e. The molecule has 0 amide bonds. The average molecular weight is 169 g/mol. The maximum absolute atomic E-state index is 9.50. The zero-order valence-electron chi connectivity index (χ0n) is 7.79. The first-order chi connectivity index (χ1) is 5.43. The second kappa shape index (κ2) is 1.96. The van der Waals surface area contributed by atoms with Crippen LogP contribution in [0.3, 0.4) is 0 Å². The third-order valence-electron chi connectivity index (χ3n) is 2.55. The van der Waals surface area contributed by atoms with Gasteiger partial charge in [-0.15, -0.1) is 0 Å². The zero-order valence-corrected chi connectivity index (χ0v) is 7.79. The van der Waals surface area contributed by atoms with E-state index in [0.29, 0.717) is 5.88 Å². The molecule has 0 unspecified atom stereocenters. The summed E-state index contributed by atoms with van der Waals surface area (Å²) in [6, 6.07) is 0. The number of hydrogen-bond donors (Lipinski definition) is 1. The van der Waals surface area contributed by atoms with Crippen LogP contribution in [0, 0.1) is 0 Å². The van der Waals surface area contributed by atoms with E-state index >= 15 is 0 Å². The predicted octanol–water partition coefficient (Wildman–Crippen LogP) is 1.62. The Kier molecular flexibility index (Phi) is 1.30. The number of rotatable bonds is 0. The normalized spacial score (nSPS) is 38.2. The Morgan fingerprint density at radius 3 is 2.75 bits per heavy atom. The number of nitrogens with zero attached hydrogens (tertiary/aromatic N) is 1. The van der Waals surface area contributed by atoms with Gasteiger partial charge >= 0.3 is 0 Å². The Morgan fingerprint density at radius 1 is 1.50 bits per heavy atom. The van der Waals surface area contributed by atoms with Crippen molar-refractivity contribution in [1.29, 1.82) is 0 Å². The van der Waals surface area contributed by atoms with Crippen LogP contribution >= 0.6 is 0 Å². The molecule has 2 rings (SSSR count). The average Bonchev–Trinajstić information content (AvgIpc) is 2.28. The SMILES string of the molecule is CC1(C)CN2C(O)=CC[C@@]2(C)O1. The molecule has 0 aromatic rings. The van der Waals surface area contributed by atoms with Gasteiger partial charge in [-0.05, 0) is 26.8 Å². The third kappa shape index (κ3) is 0.926. The first-order valence-electron chi connectivity index (χ1n) is 4.30. The summed E-state index contributed by atoms with van der Waals surface area (Å²) in [5.41, 5.74) is -0.440. The Balaban J connectivity index is 2.28. The summed E-state index contributed by atoms with van der Waals surface area (Å²) < 4.78 is 5.84. The molecule has 0 spiro atoms. The fraction of sp³-hybridized carbons (Fsp3) is 0.778. The number of aliphatic hydroxyl groups excluding tert-OH is 1. The topological polar surface area (TPSA) is 32.7 Å². The maximum atomic E-state index is 9.50. The van der Waals surface area contributed by atoms with Gasteiger partial charge in [0.05, 0.1) is 12.1 Å². The van der Waals surface area contributed by atoms with Gasteiger partial charge in [0.15, 0.2) is 5.88 Å². The summed E-state index contributed by atoms with van der Waals surface area (Å²) in [6.45, 7) is 6.88. The van der Waals surface area contributed by atoms with E-state index in [2.05, 4.69) is 0 Å². The van der Waals surface area contributed by atoms with Gasteiger partial charge in [0, 0.05) is 6.42 Å². The van der Waals surface area contributed by atoms with Crippen molar-refractivity contribution >= 4 is 0 Å². The quantitative estimate of drug-likeness (QED) is 0.598. The summed E-state index contributed by atoms with van der Waals surface area (Å²) in [5.74, 6) is 0.364. The van der Waals surface area contributed by atoms with Gasteiger partial charge in [0.2, 0.25) is 0 Å². The molecule has 1 fully saturated rings.